The van der Waals surface area contributed by atoms with Crippen LogP contribution in [0.1, 0.15) is 29.8 Å². The van der Waals surface area contributed by atoms with Gasteiger partial charge in [-0.25, -0.2) is 0 Å². The largest absolute Gasteiger partial charge is 0.325 e. The van der Waals surface area contributed by atoms with E-state index in [1.165, 1.54) is 5.56 Å². The zero-order valence-electron chi connectivity index (χ0n) is 14.4. The molecule has 3 rings (SSSR count). The summed E-state index contributed by atoms with van der Waals surface area (Å²) in [6.07, 6.45) is 0.972. The molecule has 0 spiro atoms. The zero-order valence-corrected chi connectivity index (χ0v) is 16.0. The van der Waals surface area contributed by atoms with Gasteiger partial charge in [-0.3, -0.25) is 9.59 Å². The maximum absolute atomic E-state index is 12.8. The van der Waals surface area contributed by atoms with Gasteiger partial charge in [-0.2, -0.15) is 0 Å². The lowest BCUT2D eigenvalue weighted by Gasteiger charge is -2.39. The van der Waals surface area contributed by atoms with Gasteiger partial charge < -0.3 is 9.80 Å². The molecule has 1 heterocycles. The highest BCUT2D eigenvalue weighted by Crippen LogP contribution is 2.23. The van der Waals surface area contributed by atoms with E-state index in [2.05, 4.69) is 22.9 Å². The van der Waals surface area contributed by atoms with E-state index in [9.17, 15) is 9.59 Å². The van der Waals surface area contributed by atoms with Crippen LogP contribution >= 0.6 is 15.9 Å². The minimum absolute atomic E-state index is 0.0408. The number of hydrogen-bond donors (Lipinski definition) is 0. The molecule has 2 aromatic rings. The molecule has 0 aliphatic carbocycles. The van der Waals surface area contributed by atoms with Crippen LogP contribution in [-0.2, 0) is 11.2 Å². The van der Waals surface area contributed by atoms with E-state index in [0.29, 0.717) is 18.7 Å². The Morgan fingerprint density at radius 1 is 1.08 bits per heavy atom. The molecule has 2 aromatic carbocycles. The molecule has 1 aliphatic heterocycles. The van der Waals surface area contributed by atoms with Crippen molar-refractivity contribution in [2.75, 3.05) is 18.0 Å². The third kappa shape index (κ3) is 3.61. The molecule has 1 aliphatic rings. The molecule has 1 unspecified atom stereocenters. The van der Waals surface area contributed by atoms with Crippen molar-refractivity contribution in [2.45, 2.75) is 26.3 Å². The Balaban J connectivity index is 1.76. The Morgan fingerprint density at radius 2 is 1.72 bits per heavy atom. The third-order valence-electron chi connectivity index (χ3n) is 4.66. The fourth-order valence-electron chi connectivity index (χ4n) is 3.07. The third-order valence-corrected chi connectivity index (χ3v) is 5.19. The summed E-state index contributed by atoms with van der Waals surface area (Å²) >= 11 is 3.37. The van der Waals surface area contributed by atoms with Crippen molar-refractivity contribution in [3.05, 3.63) is 64.1 Å². The second-order valence-corrected chi connectivity index (χ2v) is 7.11. The number of aryl methyl sites for hydroxylation is 1. The summed E-state index contributed by atoms with van der Waals surface area (Å²) in [5.41, 5.74) is 2.74. The number of amides is 2. The Hall–Kier alpha value is -2.14. The summed E-state index contributed by atoms with van der Waals surface area (Å²) in [4.78, 5) is 29.0. The van der Waals surface area contributed by atoms with Gasteiger partial charge in [0.1, 0.15) is 6.04 Å². The van der Waals surface area contributed by atoms with Crippen molar-refractivity contribution in [1.29, 1.82) is 0 Å². The first-order valence-electron chi connectivity index (χ1n) is 8.48. The number of anilines is 1. The predicted molar refractivity (Wildman–Crippen MR) is 103 cm³/mol. The number of carbonyl (C=O) groups excluding carboxylic acids is 2. The van der Waals surface area contributed by atoms with Crippen LogP contribution in [0.3, 0.4) is 0 Å². The molecule has 1 fully saturated rings. The molecule has 0 N–H and O–H groups in total. The van der Waals surface area contributed by atoms with Crippen molar-refractivity contribution in [3.8, 4) is 0 Å². The number of halogens is 1. The Morgan fingerprint density at radius 3 is 2.32 bits per heavy atom. The summed E-state index contributed by atoms with van der Waals surface area (Å²) in [5.74, 6) is -0.143. The molecular formula is C20H21BrN2O2. The lowest BCUT2D eigenvalue weighted by Crippen LogP contribution is -2.57. The molecule has 0 aromatic heterocycles. The Kier molecular flexibility index (Phi) is 5.23. The fraction of sp³-hybridized carbons (Fsp3) is 0.300. The average Bonchev–Trinajstić information content (AvgIpc) is 2.64. The van der Waals surface area contributed by atoms with Crippen molar-refractivity contribution >= 4 is 33.4 Å². The Labute approximate surface area is 156 Å². The average molecular weight is 401 g/mol. The summed E-state index contributed by atoms with van der Waals surface area (Å²) in [5, 5.41) is 0. The fourth-order valence-corrected chi connectivity index (χ4v) is 3.34. The quantitative estimate of drug-likeness (QED) is 0.783. The van der Waals surface area contributed by atoms with Gasteiger partial charge in [-0.15, -0.1) is 0 Å². The highest BCUT2D eigenvalue weighted by Gasteiger charge is 2.35. The van der Waals surface area contributed by atoms with Crippen LogP contribution in [-0.4, -0.2) is 35.8 Å². The topological polar surface area (TPSA) is 40.6 Å². The molecular weight excluding hydrogens is 380 g/mol. The van der Waals surface area contributed by atoms with Gasteiger partial charge in [0, 0.05) is 28.8 Å². The van der Waals surface area contributed by atoms with Crippen molar-refractivity contribution in [2.24, 2.45) is 0 Å². The summed E-state index contributed by atoms with van der Waals surface area (Å²) in [6.45, 7) is 4.94. The number of carbonyl (C=O) groups is 2. The minimum atomic E-state index is -0.476. The smallest absolute Gasteiger partial charge is 0.254 e. The van der Waals surface area contributed by atoms with Gasteiger partial charge in [-0.1, -0.05) is 35.0 Å². The van der Waals surface area contributed by atoms with Crippen LogP contribution in [0.25, 0.3) is 0 Å². The van der Waals surface area contributed by atoms with Crippen LogP contribution in [0.5, 0.6) is 0 Å². The van der Waals surface area contributed by atoms with E-state index in [4.69, 9.17) is 0 Å². The van der Waals surface area contributed by atoms with Crippen LogP contribution in [0.4, 0.5) is 5.69 Å². The first-order chi connectivity index (χ1) is 12.0. The van der Waals surface area contributed by atoms with Crippen LogP contribution in [0.15, 0.2) is 53.0 Å². The predicted octanol–water partition coefficient (Wildman–Crippen LogP) is 3.89. The van der Waals surface area contributed by atoms with Crippen molar-refractivity contribution in [1.82, 2.24) is 4.90 Å². The van der Waals surface area contributed by atoms with Gasteiger partial charge in [-0.05, 0) is 55.3 Å². The van der Waals surface area contributed by atoms with Crippen LogP contribution < -0.4 is 4.90 Å². The molecule has 0 saturated carbocycles. The van der Waals surface area contributed by atoms with Crippen molar-refractivity contribution in [3.63, 3.8) is 0 Å². The maximum atomic E-state index is 12.8. The molecule has 5 heteroatoms. The number of piperazine rings is 1. The SMILES string of the molecule is CCc1ccc(N2CCN(C(=O)c3ccc(Br)cc3)C(C)C2=O)cc1. The normalized spacial score (nSPS) is 17.7. The highest BCUT2D eigenvalue weighted by molar-refractivity contribution is 9.10. The molecule has 25 heavy (non-hydrogen) atoms. The van der Waals surface area contributed by atoms with E-state index in [0.717, 1.165) is 16.6 Å². The van der Waals surface area contributed by atoms with E-state index < -0.39 is 6.04 Å². The van der Waals surface area contributed by atoms with E-state index >= 15 is 0 Å². The number of rotatable bonds is 3. The van der Waals surface area contributed by atoms with Gasteiger partial charge in [0.15, 0.2) is 0 Å². The van der Waals surface area contributed by atoms with Crippen molar-refractivity contribution < 1.29 is 9.59 Å². The lowest BCUT2D eigenvalue weighted by molar-refractivity contribution is -0.124. The van der Waals surface area contributed by atoms with Gasteiger partial charge in [0.05, 0.1) is 0 Å². The molecule has 130 valence electrons. The second-order valence-electron chi connectivity index (χ2n) is 6.19. The first-order valence-corrected chi connectivity index (χ1v) is 9.27. The monoisotopic (exact) mass is 400 g/mol. The van der Waals surface area contributed by atoms with Gasteiger partial charge in [0.25, 0.3) is 5.91 Å². The molecule has 1 atom stereocenters. The molecule has 1 saturated heterocycles. The standard InChI is InChI=1S/C20H21BrN2O2/c1-3-15-4-10-18(11-5-15)23-13-12-22(14(2)19(23)24)20(25)16-6-8-17(21)9-7-16/h4-11,14H,3,12-13H2,1-2H3. The first kappa shape index (κ1) is 17.7. The maximum Gasteiger partial charge on any atom is 0.254 e. The molecule has 2 amide bonds. The highest BCUT2D eigenvalue weighted by atomic mass is 79.9. The van der Waals surface area contributed by atoms with E-state index in [1.807, 2.05) is 36.4 Å². The van der Waals surface area contributed by atoms with Crippen LogP contribution in [0.2, 0.25) is 0 Å². The Bertz CT molecular complexity index is 771. The number of nitrogens with zero attached hydrogens (tertiary/aromatic N) is 2. The van der Waals surface area contributed by atoms with Gasteiger partial charge in [0.2, 0.25) is 5.91 Å². The molecule has 4 nitrogen and oxygen atoms in total. The van der Waals surface area contributed by atoms with E-state index in [1.54, 1.807) is 28.9 Å². The number of hydrogen-bond acceptors (Lipinski definition) is 2. The summed E-state index contributed by atoms with van der Waals surface area (Å²) in [6, 6.07) is 14.8. The van der Waals surface area contributed by atoms with Gasteiger partial charge >= 0.3 is 0 Å². The number of benzene rings is 2. The van der Waals surface area contributed by atoms with E-state index in [-0.39, 0.29) is 11.8 Å². The molecule has 0 bridgehead atoms. The lowest BCUT2D eigenvalue weighted by atomic mass is 10.1. The second kappa shape index (κ2) is 7.40. The summed E-state index contributed by atoms with van der Waals surface area (Å²) < 4.78 is 0.925. The minimum Gasteiger partial charge on any atom is -0.325 e. The van der Waals surface area contributed by atoms with Crippen LogP contribution in [0, 0.1) is 0 Å². The molecule has 0 radical (unpaired) electrons. The summed E-state index contributed by atoms with van der Waals surface area (Å²) in [7, 11) is 0. The zero-order chi connectivity index (χ0) is 18.0.